The van der Waals surface area contributed by atoms with E-state index < -0.39 is 0 Å². The number of fused-ring (bicyclic) bond motifs is 1. The number of pyridine rings is 1. The summed E-state index contributed by atoms with van der Waals surface area (Å²) in [5.74, 6) is 0. The average molecular weight is 201 g/mol. The molecule has 1 fully saturated rings. The molecule has 1 aliphatic heterocycles. The van der Waals surface area contributed by atoms with E-state index in [0.29, 0.717) is 0 Å². The molecule has 3 rings (SSSR count). The SMILES string of the molecule is N=C1c2ncccc2CC12CCNCC2. The molecule has 1 aliphatic carbocycles. The van der Waals surface area contributed by atoms with Gasteiger partial charge in [-0.1, -0.05) is 6.07 Å². The van der Waals surface area contributed by atoms with Crippen LogP contribution in [0.2, 0.25) is 0 Å². The first kappa shape index (κ1) is 9.04. The van der Waals surface area contributed by atoms with E-state index in [-0.39, 0.29) is 5.41 Å². The lowest BCUT2D eigenvalue weighted by molar-refractivity contribution is 0.305. The molecular weight excluding hydrogens is 186 g/mol. The molecule has 2 N–H and O–H groups in total. The molecule has 15 heavy (non-hydrogen) atoms. The van der Waals surface area contributed by atoms with Gasteiger partial charge in [0, 0.05) is 11.6 Å². The second-order valence-electron chi connectivity index (χ2n) is 4.59. The van der Waals surface area contributed by atoms with Crippen molar-refractivity contribution in [2.75, 3.05) is 13.1 Å². The third-order valence-corrected chi connectivity index (χ3v) is 3.75. The molecule has 0 unspecified atom stereocenters. The number of hydrogen-bond acceptors (Lipinski definition) is 3. The van der Waals surface area contributed by atoms with Gasteiger partial charge in [-0.05, 0) is 44.0 Å². The molecule has 1 aromatic rings. The first-order valence-corrected chi connectivity index (χ1v) is 5.56. The van der Waals surface area contributed by atoms with Gasteiger partial charge < -0.3 is 10.7 Å². The minimum atomic E-state index is 0.0991. The molecule has 0 radical (unpaired) electrons. The van der Waals surface area contributed by atoms with E-state index in [1.807, 2.05) is 6.07 Å². The Morgan fingerprint density at radius 2 is 2.13 bits per heavy atom. The molecule has 1 spiro atoms. The van der Waals surface area contributed by atoms with Gasteiger partial charge in [0.2, 0.25) is 0 Å². The zero-order chi connectivity index (χ0) is 10.3. The van der Waals surface area contributed by atoms with Crippen LogP contribution in [-0.4, -0.2) is 23.8 Å². The Morgan fingerprint density at radius 1 is 1.33 bits per heavy atom. The average Bonchev–Trinajstić information content (AvgIpc) is 2.54. The van der Waals surface area contributed by atoms with E-state index >= 15 is 0 Å². The zero-order valence-electron chi connectivity index (χ0n) is 8.71. The van der Waals surface area contributed by atoms with E-state index in [2.05, 4.69) is 16.4 Å². The summed E-state index contributed by atoms with van der Waals surface area (Å²) in [6.07, 6.45) is 4.99. The van der Waals surface area contributed by atoms with Crippen molar-refractivity contribution >= 4 is 5.71 Å². The van der Waals surface area contributed by atoms with Crippen molar-refractivity contribution in [2.45, 2.75) is 19.3 Å². The van der Waals surface area contributed by atoms with Crippen LogP contribution in [0.3, 0.4) is 0 Å². The fourth-order valence-electron chi connectivity index (χ4n) is 2.84. The molecule has 3 nitrogen and oxygen atoms in total. The van der Waals surface area contributed by atoms with E-state index in [0.717, 1.165) is 43.8 Å². The van der Waals surface area contributed by atoms with Crippen LogP contribution in [0.25, 0.3) is 0 Å². The zero-order valence-corrected chi connectivity index (χ0v) is 8.71. The van der Waals surface area contributed by atoms with Crippen LogP contribution in [0.5, 0.6) is 0 Å². The Bertz CT molecular complexity index is 405. The van der Waals surface area contributed by atoms with Crippen LogP contribution in [0.1, 0.15) is 24.1 Å². The number of rotatable bonds is 0. The highest BCUT2D eigenvalue weighted by Crippen LogP contribution is 2.42. The number of nitrogens with zero attached hydrogens (tertiary/aromatic N) is 1. The summed E-state index contributed by atoms with van der Waals surface area (Å²) < 4.78 is 0. The van der Waals surface area contributed by atoms with Crippen LogP contribution >= 0.6 is 0 Å². The summed E-state index contributed by atoms with van der Waals surface area (Å²) in [7, 11) is 0. The van der Waals surface area contributed by atoms with E-state index in [9.17, 15) is 0 Å². The Hall–Kier alpha value is -1.22. The quantitative estimate of drug-likeness (QED) is 0.666. The van der Waals surface area contributed by atoms with Gasteiger partial charge in [-0.25, -0.2) is 0 Å². The van der Waals surface area contributed by atoms with Crippen LogP contribution in [-0.2, 0) is 6.42 Å². The van der Waals surface area contributed by atoms with Gasteiger partial charge in [-0.3, -0.25) is 4.98 Å². The van der Waals surface area contributed by atoms with E-state index in [4.69, 9.17) is 5.41 Å². The maximum absolute atomic E-state index is 8.28. The lowest BCUT2D eigenvalue weighted by atomic mass is 9.75. The number of hydrogen-bond donors (Lipinski definition) is 2. The summed E-state index contributed by atoms with van der Waals surface area (Å²) in [5.41, 5.74) is 3.09. The summed E-state index contributed by atoms with van der Waals surface area (Å²) in [5, 5.41) is 11.6. The fraction of sp³-hybridized carbons (Fsp3) is 0.500. The van der Waals surface area contributed by atoms with Crippen LogP contribution in [0.15, 0.2) is 18.3 Å². The molecule has 3 heteroatoms. The second kappa shape index (κ2) is 3.14. The minimum Gasteiger partial charge on any atom is -0.317 e. The molecule has 2 aliphatic rings. The highest BCUT2D eigenvalue weighted by Gasteiger charge is 2.43. The summed E-state index contributed by atoms with van der Waals surface area (Å²) in [4.78, 5) is 4.34. The normalized spacial score (nSPS) is 23.1. The fourth-order valence-corrected chi connectivity index (χ4v) is 2.84. The Morgan fingerprint density at radius 3 is 2.87 bits per heavy atom. The molecule has 0 amide bonds. The Labute approximate surface area is 89.4 Å². The second-order valence-corrected chi connectivity index (χ2v) is 4.59. The van der Waals surface area contributed by atoms with Crippen molar-refractivity contribution in [3.63, 3.8) is 0 Å². The number of aromatic nitrogens is 1. The molecule has 78 valence electrons. The third kappa shape index (κ3) is 1.23. The standard InChI is InChI=1S/C12H15N3/c13-11-10-9(2-1-5-15-10)8-12(11)3-6-14-7-4-12/h1-2,5,13-14H,3-4,6-8H2. The van der Waals surface area contributed by atoms with Gasteiger partial charge in [-0.15, -0.1) is 0 Å². The van der Waals surface area contributed by atoms with Gasteiger partial charge in [0.1, 0.15) is 0 Å². The smallest absolute Gasteiger partial charge is 0.0875 e. The van der Waals surface area contributed by atoms with Crippen molar-refractivity contribution in [3.05, 3.63) is 29.6 Å². The topological polar surface area (TPSA) is 48.8 Å². The molecule has 2 heterocycles. The van der Waals surface area contributed by atoms with Crippen molar-refractivity contribution in [3.8, 4) is 0 Å². The summed E-state index contributed by atoms with van der Waals surface area (Å²) in [6, 6.07) is 4.10. The maximum Gasteiger partial charge on any atom is 0.0875 e. The highest BCUT2D eigenvalue weighted by atomic mass is 14.9. The maximum atomic E-state index is 8.28. The summed E-state index contributed by atoms with van der Waals surface area (Å²) in [6.45, 7) is 2.08. The van der Waals surface area contributed by atoms with Gasteiger partial charge in [0.05, 0.1) is 11.4 Å². The predicted octanol–water partition coefficient (Wildman–Crippen LogP) is 1.38. The van der Waals surface area contributed by atoms with Gasteiger partial charge in [0.25, 0.3) is 0 Å². The molecular formula is C12H15N3. The van der Waals surface area contributed by atoms with Gasteiger partial charge in [0.15, 0.2) is 0 Å². The van der Waals surface area contributed by atoms with E-state index in [1.165, 1.54) is 5.56 Å². The van der Waals surface area contributed by atoms with Crippen molar-refractivity contribution in [2.24, 2.45) is 5.41 Å². The molecule has 0 aromatic carbocycles. The number of piperidine rings is 1. The Balaban J connectivity index is 2.01. The van der Waals surface area contributed by atoms with Crippen LogP contribution in [0, 0.1) is 10.8 Å². The van der Waals surface area contributed by atoms with E-state index in [1.54, 1.807) is 6.20 Å². The molecule has 1 saturated heterocycles. The Kier molecular flexibility index (Phi) is 1.89. The van der Waals surface area contributed by atoms with Crippen LogP contribution in [0.4, 0.5) is 0 Å². The lowest BCUT2D eigenvalue weighted by Crippen LogP contribution is -2.40. The molecule has 1 aromatic heterocycles. The van der Waals surface area contributed by atoms with Crippen molar-refractivity contribution in [1.29, 1.82) is 5.41 Å². The predicted molar refractivity (Wildman–Crippen MR) is 59.3 cm³/mol. The first-order chi connectivity index (χ1) is 7.32. The van der Waals surface area contributed by atoms with Gasteiger partial charge in [-0.2, -0.15) is 0 Å². The molecule has 0 saturated carbocycles. The monoisotopic (exact) mass is 201 g/mol. The lowest BCUT2D eigenvalue weighted by Gasteiger charge is -2.33. The van der Waals surface area contributed by atoms with Gasteiger partial charge >= 0.3 is 0 Å². The van der Waals surface area contributed by atoms with Crippen molar-refractivity contribution in [1.82, 2.24) is 10.3 Å². The van der Waals surface area contributed by atoms with Crippen molar-refractivity contribution < 1.29 is 0 Å². The molecule has 0 atom stereocenters. The van der Waals surface area contributed by atoms with Crippen LogP contribution < -0.4 is 5.32 Å². The highest BCUT2D eigenvalue weighted by molar-refractivity contribution is 6.05. The first-order valence-electron chi connectivity index (χ1n) is 5.56. The third-order valence-electron chi connectivity index (χ3n) is 3.75. The summed E-state index contributed by atoms with van der Waals surface area (Å²) >= 11 is 0. The minimum absolute atomic E-state index is 0.0991. The molecule has 0 bridgehead atoms. The number of nitrogens with one attached hydrogen (secondary N) is 2. The largest absolute Gasteiger partial charge is 0.317 e.